The molecule has 120 valence electrons. The molecule has 0 aromatic heterocycles. The van der Waals surface area contributed by atoms with Crippen molar-refractivity contribution < 1.29 is 14.6 Å². The highest BCUT2D eigenvalue weighted by Gasteiger charge is 2.08. The van der Waals surface area contributed by atoms with Gasteiger partial charge in [0.25, 0.3) is 5.91 Å². The summed E-state index contributed by atoms with van der Waals surface area (Å²) in [5.74, 6) is 0.254. The molecule has 2 rings (SSSR count). The first-order chi connectivity index (χ1) is 11.0. The number of anilines is 1. The van der Waals surface area contributed by atoms with Crippen molar-refractivity contribution in [2.24, 2.45) is 0 Å². The number of aryl methyl sites for hydroxylation is 1. The van der Waals surface area contributed by atoms with E-state index in [4.69, 9.17) is 17.0 Å². The second-order valence-electron chi connectivity index (χ2n) is 4.72. The van der Waals surface area contributed by atoms with E-state index < -0.39 is 5.91 Å². The summed E-state index contributed by atoms with van der Waals surface area (Å²) < 4.78 is 6.38. The standard InChI is InChI=1S/C16H15BrN2O3S/c1-10-8-11(6-7-12(10)17)22-9-15(21)19-16(23)18-13-4-2-3-5-14(13)20/h2-8,20H,9H2,1H3,(H2,18,19,21,23). The van der Waals surface area contributed by atoms with Gasteiger partial charge in [0.2, 0.25) is 0 Å². The number of aromatic hydroxyl groups is 1. The van der Waals surface area contributed by atoms with Crippen molar-refractivity contribution in [2.45, 2.75) is 6.92 Å². The fourth-order valence-corrected chi connectivity index (χ4v) is 2.22. The third kappa shape index (κ3) is 5.22. The minimum absolute atomic E-state index is 0.0469. The topological polar surface area (TPSA) is 70.6 Å². The molecule has 1 amide bonds. The second kappa shape index (κ2) is 7.94. The zero-order valence-corrected chi connectivity index (χ0v) is 14.7. The van der Waals surface area contributed by atoms with E-state index >= 15 is 0 Å². The lowest BCUT2D eigenvalue weighted by atomic mass is 10.2. The SMILES string of the molecule is Cc1cc(OCC(=O)NC(=S)Nc2ccccc2O)ccc1Br. The number of amides is 1. The Hall–Kier alpha value is -2.12. The maximum atomic E-state index is 11.8. The van der Waals surface area contributed by atoms with E-state index in [2.05, 4.69) is 26.6 Å². The lowest BCUT2D eigenvalue weighted by Crippen LogP contribution is -2.37. The summed E-state index contributed by atoms with van der Waals surface area (Å²) in [5, 5.41) is 15.0. The van der Waals surface area contributed by atoms with Gasteiger partial charge >= 0.3 is 0 Å². The Labute approximate surface area is 147 Å². The number of nitrogens with one attached hydrogen (secondary N) is 2. The van der Waals surface area contributed by atoms with Crippen LogP contribution in [0.1, 0.15) is 5.56 Å². The molecule has 3 N–H and O–H groups in total. The molecule has 5 nitrogen and oxygen atoms in total. The van der Waals surface area contributed by atoms with Crippen LogP contribution < -0.4 is 15.4 Å². The summed E-state index contributed by atoms with van der Waals surface area (Å²) in [6.07, 6.45) is 0. The van der Waals surface area contributed by atoms with Crippen molar-refractivity contribution in [1.29, 1.82) is 0 Å². The number of benzene rings is 2. The van der Waals surface area contributed by atoms with E-state index in [-0.39, 0.29) is 17.5 Å². The van der Waals surface area contributed by atoms with Gasteiger partial charge in [0.1, 0.15) is 11.5 Å². The lowest BCUT2D eigenvalue weighted by Gasteiger charge is -2.11. The molecular weight excluding hydrogens is 380 g/mol. The van der Waals surface area contributed by atoms with E-state index in [1.807, 2.05) is 19.1 Å². The minimum Gasteiger partial charge on any atom is -0.506 e. The van der Waals surface area contributed by atoms with Crippen LogP contribution >= 0.6 is 28.1 Å². The van der Waals surface area contributed by atoms with Crippen LogP contribution in [0.15, 0.2) is 46.9 Å². The van der Waals surface area contributed by atoms with Gasteiger partial charge in [-0.1, -0.05) is 28.1 Å². The van der Waals surface area contributed by atoms with Crippen molar-refractivity contribution in [1.82, 2.24) is 5.32 Å². The molecule has 2 aromatic rings. The van der Waals surface area contributed by atoms with Gasteiger partial charge in [-0.05, 0) is 55.0 Å². The Morgan fingerprint density at radius 1 is 1.30 bits per heavy atom. The summed E-state index contributed by atoms with van der Waals surface area (Å²) >= 11 is 8.42. The van der Waals surface area contributed by atoms with Crippen LogP contribution in [0.3, 0.4) is 0 Å². The third-order valence-electron chi connectivity index (χ3n) is 2.90. The molecule has 0 saturated heterocycles. The number of phenolic OH excluding ortho intramolecular Hbond substituents is 1. The number of carbonyl (C=O) groups is 1. The van der Waals surface area contributed by atoms with E-state index in [0.29, 0.717) is 11.4 Å². The number of hydrogen-bond acceptors (Lipinski definition) is 4. The first-order valence-electron chi connectivity index (χ1n) is 6.73. The molecule has 7 heteroatoms. The number of halogens is 1. The molecule has 0 aliphatic rings. The van der Waals surface area contributed by atoms with Gasteiger partial charge < -0.3 is 15.2 Å². The van der Waals surface area contributed by atoms with E-state index in [1.54, 1.807) is 24.3 Å². The van der Waals surface area contributed by atoms with Gasteiger partial charge in [-0.3, -0.25) is 10.1 Å². The number of thiocarbonyl (C=S) groups is 1. The predicted octanol–water partition coefficient (Wildman–Crippen LogP) is 3.36. The molecule has 2 aromatic carbocycles. The van der Waals surface area contributed by atoms with Crippen molar-refractivity contribution >= 4 is 44.9 Å². The smallest absolute Gasteiger partial charge is 0.264 e. The molecule has 0 radical (unpaired) electrons. The zero-order chi connectivity index (χ0) is 16.8. The highest BCUT2D eigenvalue weighted by molar-refractivity contribution is 9.10. The molecule has 0 aliphatic carbocycles. The number of para-hydroxylation sites is 2. The van der Waals surface area contributed by atoms with Crippen molar-refractivity contribution in [3.05, 3.63) is 52.5 Å². The molecule has 0 atom stereocenters. The average molecular weight is 395 g/mol. The summed E-state index contributed by atoms with van der Waals surface area (Å²) in [6, 6.07) is 12.0. The maximum Gasteiger partial charge on any atom is 0.264 e. The molecular formula is C16H15BrN2O3S. The van der Waals surface area contributed by atoms with Crippen LogP contribution in [-0.4, -0.2) is 22.7 Å². The van der Waals surface area contributed by atoms with Crippen LogP contribution in [0.25, 0.3) is 0 Å². The summed E-state index contributed by atoms with van der Waals surface area (Å²) in [7, 11) is 0. The van der Waals surface area contributed by atoms with Crippen LogP contribution in [0, 0.1) is 6.92 Å². The van der Waals surface area contributed by atoms with Gasteiger partial charge in [0.15, 0.2) is 11.7 Å². The van der Waals surface area contributed by atoms with Gasteiger partial charge in [-0.2, -0.15) is 0 Å². The van der Waals surface area contributed by atoms with Gasteiger partial charge in [0.05, 0.1) is 5.69 Å². The number of rotatable bonds is 4. The van der Waals surface area contributed by atoms with Crippen molar-refractivity contribution in [3.63, 3.8) is 0 Å². The maximum absolute atomic E-state index is 11.8. The van der Waals surface area contributed by atoms with E-state index in [0.717, 1.165) is 10.0 Å². The Bertz CT molecular complexity index is 737. The number of ether oxygens (including phenoxy) is 1. The Morgan fingerprint density at radius 3 is 2.74 bits per heavy atom. The Kier molecular flexibility index (Phi) is 5.95. The molecule has 23 heavy (non-hydrogen) atoms. The van der Waals surface area contributed by atoms with Crippen LogP contribution in [0.4, 0.5) is 5.69 Å². The largest absolute Gasteiger partial charge is 0.506 e. The lowest BCUT2D eigenvalue weighted by molar-refractivity contribution is -0.121. The Morgan fingerprint density at radius 2 is 2.04 bits per heavy atom. The van der Waals surface area contributed by atoms with Gasteiger partial charge in [-0.25, -0.2) is 0 Å². The Balaban J connectivity index is 1.83. The molecule has 0 unspecified atom stereocenters. The van der Waals surface area contributed by atoms with Crippen molar-refractivity contribution in [3.8, 4) is 11.5 Å². The van der Waals surface area contributed by atoms with E-state index in [9.17, 15) is 9.90 Å². The highest BCUT2D eigenvalue weighted by Crippen LogP contribution is 2.22. The summed E-state index contributed by atoms with van der Waals surface area (Å²) in [4.78, 5) is 11.8. The fourth-order valence-electron chi connectivity index (χ4n) is 1.75. The quantitative estimate of drug-likeness (QED) is 0.547. The average Bonchev–Trinajstić information content (AvgIpc) is 2.51. The number of phenols is 1. The zero-order valence-electron chi connectivity index (χ0n) is 12.3. The minimum atomic E-state index is -0.390. The summed E-state index contributed by atoms with van der Waals surface area (Å²) in [5.41, 5.74) is 1.43. The fraction of sp³-hybridized carbons (Fsp3) is 0.125. The number of hydrogen-bond donors (Lipinski definition) is 3. The summed E-state index contributed by atoms with van der Waals surface area (Å²) in [6.45, 7) is 1.77. The van der Waals surface area contributed by atoms with Gasteiger partial charge in [-0.15, -0.1) is 0 Å². The molecule has 0 fully saturated rings. The first kappa shape index (κ1) is 17.2. The molecule has 0 saturated carbocycles. The molecule has 0 spiro atoms. The molecule has 0 aliphatic heterocycles. The predicted molar refractivity (Wildman–Crippen MR) is 96.8 cm³/mol. The van der Waals surface area contributed by atoms with Crippen molar-refractivity contribution in [2.75, 3.05) is 11.9 Å². The van der Waals surface area contributed by atoms with E-state index in [1.165, 1.54) is 6.07 Å². The number of carbonyl (C=O) groups excluding carboxylic acids is 1. The van der Waals surface area contributed by atoms with Crippen LogP contribution in [0.5, 0.6) is 11.5 Å². The van der Waals surface area contributed by atoms with Crippen LogP contribution in [-0.2, 0) is 4.79 Å². The monoisotopic (exact) mass is 394 g/mol. The highest BCUT2D eigenvalue weighted by atomic mass is 79.9. The second-order valence-corrected chi connectivity index (χ2v) is 5.98. The van der Waals surface area contributed by atoms with Crippen LogP contribution in [0.2, 0.25) is 0 Å². The normalized spacial score (nSPS) is 10.0. The first-order valence-corrected chi connectivity index (χ1v) is 7.93. The third-order valence-corrected chi connectivity index (χ3v) is 4.00. The molecule has 0 bridgehead atoms. The van der Waals surface area contributed by atoms with Gasteiger partial charge in [0, 0.05) is 4.47 Å². The molecule has 0 heterocycles.